The molecule has 126 valence electrons. The smallest absolute Gasteiger partial charge is 0.199 e. The highest BCUT2D eigenvalue weighted by molar-refractivity contribution is 7.71. The van der Waals surface area contributed by atoms with Gasteiger partial charge in [0, 0.05) is 32.4 Å². The van der Waals surface area contributed by atoms with Crippen molar-refractivity contribution in [3.05, 3.63) is 52.8 Å². The third kappa shape index (κ3) is 3.29. The van der Waals surface area contributed by atoms with Crippen molar-refractivity contribution in [3.63, 3.8) is 0 Å². The maximum atomic E-state index is 14.0. The minimum atomic E-state index is -0.309. The van der Waals surface area contributed by atoms with Gasteiger partial charge in [-0.05, 0) is 31.4 Å². The van der Waals surface area contributed by atoms with Crippen LogP contribution in [-0.2, 0) is 27.3 Å². The van der Waals surface area contributed by atoms with E-state index in [9.17, 15) is 4.39 Å². The molecule has 0 saturated heterocycles. The van der Waals surface area contributed by atoms with Crippen LogP contribution in [0, 0.1) is 10.6 Å². The van der Waals surface area contributed by atoms with Crippen LogP contribution < -0.4 is 0 Å². The van der Waals surface area contributed by atoms with Crippen LogP contribution in [0.4, 0.5) is 4.39 Å². The Kier molecular flexibility index (Phi) is 4.59. The number of rotatable bonds is 5. The van der Waals surface area contributed by atoms with Crippen LogP contribution in [0.5, 0.6) is 0 Å². The fourth-order valence-corrected chi connectivity index (χ4v) is 2.79. The summed E-state index contributed by atoms with van der Waals surface area (Å²) >= 11 is 5.44. The highest BCUT2D eigenvalue weighted by atomic mass is 32.1. The van der Waals surface area contributed by atoms with Crippen molar-refractivity contribution in [1.29, 1.82) is 0 Å². The van der Waals surface area contributed by atoms with E-state index in [-0.39, 0.29) is 5.82 Å². The molecule has 0 aliphatic heterocycles. The summed E-state index contributed by atoms with van der Waals surface area (Å²) in [5.41, 5.74) is 1.55. The second-order valence-electron chi connectivity index (χ2n) is 5.82. The first kappa shape index (κ1) is 16.5. The maximum absolute atomic E-state index is 14.0. The number of halogens is 1. The van der Waals surface area contributed by atoms with Gasteiger partial charge in [-0.25, -0.2) is 9.07 Å². The van der Waals surface area contributed by atoms with Crippen LogP contribution in [0.3, 0.4) is 0 Å². The molecule has 0 fully saturated rings. The molecule has 0 atom stereocenters. The Morgan fingerprint density at radius 1 is 1.25 bits per heavy atom. The maximum Gasteiger partial charge on any atom is 0.199 e. The van der Waals surface area contributed by atoms with E-state index in [1.807, 2.05) is 26.5 Å². The molecule has 0 saturated carbocycles. The van der Waals surface area contributed by atoms with Crippen molar-refractivity contribution in [2.45, 2.75) is 13.2 Å². The summed E-state index contributed by atoms with van der Waals surface area (Å²) in [4.78, 5) is 2.07. The van der Waals surface area contributed by atoms with Crippen molar-refractivity contribution in [1.82, 2.24) is 29.0 Å². The fourth-order valence-electron chi connectivity index (χ4n) is 2.60. The fraction of sp³-hybridized carbons (Fsp3) is 0.312. The molecule has 2 heterocycles. The Morgan fingerprint density at radius 2 is 2.00 bits per heavy atom. The Hall–Kier alpha value is -2.32. The summed E-state index contributed by atoms with van der Waals surface area (Å²) in [6.45, 7) is 1.23. The summed E-state index contributed by atoms with van der Waals surface area (Å²) in [5.74, 6) is 0.212. The summed E-state index contributed by atoms with van der Waals surface area (Å²) in [5, 5.41) is 8.66. The molecule has 0 aliphatic carbocycles. The molecule has 1 aromatic carbocycles. The molecular formula is C16H19FN6S. The van der Waals surface area contributed by atoms with E-state index in [0.29, 0.717) is 22.8 Å². The topological polar surface area (TPSA) is 43.8 Å². The van der Waals surface area contributed by atoms with E-state index in [0.717, 1.165) is 12.1 Å². The lowest BCUT2D eigenvalue weighted by molar-refractivity contribution is 0.244. The first-order chi connectivity index (χ1) is 11.5. The van der Waals surface area contributed by atoms with Crippen LogP contribution >= 0.6 is 12.2 Å². The Morgan fingerprint density at radius 3 is 2.67 bits per heavy atom. The van der Waals surface area contributed by atoms with Gasteiger partial charge in [0.15, 0.2) is 10.6 Å². The molecular weight excluding hydrogens is 327 g/mol. The molecule has 8 heteroatoms. The first-order valence-electron chi connectivity index (χ1n) is 7.50. The second kappa shape index (κ2) is 6.66. The zero-order valence-corrected chi connectivity index (χ0v) is 14.7. The number of nitrogens with zero attached hydrogens (tertiary/aromatic N) is 6. The largest absolute Gasteiger partial charge is 0.303 e. The van der Waals surface area contributed by atoms with Gasteiger partial charge < -0.3 is 4.57 Å². The van der Waals surface area contributed by atoms with Gasteiger partial charge in [0.1, 0.15) is 5.82 Å². The molecule has 0 amide bonds. The average molecular weight is 346 g/mol. The van der Waals surface area contributed by atoms with Gasteiger partial charge in [-0.2, -0.15) is 10.2 Å². The van der Waals surface area contributed by atoms with Crippen LogP contribution in [0.25, 0.3) is 11.4 Å². The van der Waals surface area contributed by atoms with E-state index < -0.39 is 0 Å². The van der Waals surface area contributed by atoms with Gasteiger partial charge in [-0.15, -0.1) is 0 Å². The SMILES string of the molecule is CN(Cc1cnn(C)c1)Cn1nc(-c2ccccc2F)n(C)c1=S. The Bertz CT molecular complexity index is 909. The lowest BCUT2D eigenvalue weighted by atomic mass is 10.2. The Labute approximate surface area is 144 Å². The first-order valence-corrected chi connectivity index (χ1v) is 7.91. The molecule has 0 spiro atoms. The molecule has 2 aromatic heterocycles. The normalized spacial score (nSPS) is 11.4. The van der Waals surface area contributed by atoms with Crippen LogP contribution in [0.1, 0.15) is 5.56 Å². The minimum Gasteiger partial charge on any atom is -0.303 e. The van der Waals surface area contributed by atoms with E-state index in [1.165, 1.54) is 6.07 Å². The van der Waals surface area contributed by atoms with Crippen molar-refractivity contribution >= 4 is 12.2 Å². The predicted molar refractivity (Wildman–Crippen MR) is 92.1 cm³/mol. The lowest BCUT2D eigenvalue weighted by Gasteiger charge is -2.15. The minimum absolute atomic E-state index is 0.309. The molecule has 3 aromatic rings. The third-order valence-corrected chi connectivity index (χ3v) is 4.23. The number of aryl methyl sites for hydroxylation is 1. The molecule has 0 aliphatic rings. The number of hydrogen-bond acceptors (Lipinski definition) is 4. The van der Waals surface area contributed by atoms with Crippen molar-refractivity contribution in [3.8, 4) is 11.4 Å². The zero-order chi connectivity index (χ0) is 17.3. The summed E-state index contributed by atoms with van der Waals surface area (Å²) in [6.07, 6.45) is 3.80. The second-order valence-corrected chi connectivity index (χ2v) is 6.19. The van der Waals surface area contributed by atoms with Gasteiger partial charge >= 0.3 is 0 Å². The summed E-state index contributed by atoms with van der Waals surface area (Å²) in [6, 6.07) is 6.57. The van der Waals surface area contributed by atoms with Crippen LogP contribution in [-0.4, -0.2) is 36.1 Å². The standard InChI is InChI=1S/C16H19FN6S/c1-20(9-12-8-18-21(2)10-12)11-23-16(24)22(3)15(19-23)13-6-4-5-7-14(13)17/h4-8,10H,9,11H2,1-3H3. The average Bonchev–Trinajstić information content (AvgIpc) is 3.06. The number of benzene rings is 1. The molecule has 3 rings (SSSR count). The van der Waals surface area contributed by atoms with Crippen LogP contribution in [0.2, 0.25) is 0 Å². The molecule has 24 heavy (non-hydrogen) atoms. The van der Waals surface area contributed by atoms with Crippen LogP contribution in [0.15, 0.2) is 36.7 Å². The lowest BCUT2D eigenvalue weighted by Crippen LogP contribution is -2.22. The van der Waals surface area contributed by atoms with E-state index in [2.05, 4.69) is 15.1 Å². The van der Waals surface area contributed by atoms with Crippen molar-refractivity contribution in [2.24, 2.45) is 14.1 Å². The van der Waals surface area contributed by atoms with E-state index in [4.69, 9.17) is 12.2 Å². The van der Waals surface area contributed by atoms with Crippen molar-refractivity contribution in [2.75, 3.05) is 7.05 Å². The van der Waals surface area contributed by atoms with Gasteiger partial charge in [-0.3, -0.25) is 9.58 Å². The number of aromatic nitrogens is 5. The molecule has 0 bridgehead atoms. The van der Waals surface area contributed by atoms with Gasteiger partial charge in [0.25, 0.3) is 0 Å². The highest BCUT2D eigenvalue weighted by Gasteiger charge is 2.14. The highest BCUT2D eigenvalue weighted by Crippen LogP contribution is 2.20. The Balaban J connectivity index is 1.83. The molecule has 0 radical (unpaired) electrons. The predicted octanol–water partition coefficient (Wildman–Crippen LogP) is 2.58. The van der Waals surface area contributed by atoms with Gasteiger partial charge in [0.05, 0.1) is 18.4 Å². The molecule has 0 unspecified atom stereocenters. The van der Waals surface area contributed by atoms with E-state index in [1.54, 1.807) is 39.2 Å². The zero-order valence-electron chi connectivity index (χ0n) is 13.8. The quantitative estimate of drug-likeness (QED) is 0.666. The third-order valence-electron chi connectivity index (χ3n) is 3.74. The van der Waals surface area contributed by atoms with Crippen molar-refractivity contribution < 1.29 is 4.39 Å². The van der Waals surface area contributed by atoms with E-state index >= 15 is 0 Å². The van der Waals surface area contributed by atoms with Gasteiger partial charge in [-0.1, -0.05) is 12.1 Å². The summed E-state index contributed by atoms with van der Waals surface area (Å²) in [7, 11) is 5.67. The molecule has 6 nitrogen and oxygen atoms in total. The van der Waals surface area contributed by atoms with Gasteiger partial charge in [0.2, 0.25) is 0 Å². The number of hydrogen-bond donors (Lipinski definition) is 0. The monoisotopic (exact) mass is 346 g/mol. The molecule has 0 N–H and O–H groups in total. The summed E-state index contributed by atoms with van der Waals surface area (Å²) < 4.78 is 19.8.